The number of aliphatic hydroxyl groups excluding tert-OH is 1. The standard InChI is InChI=1S/C21H21F7N4O3S/c1-19(9-33,36-18(29)30-2)21(27,28)13-7-11(3-5-14(13)22)32-16(34)15-6-4-12(8-31-15)35-10-20(25,26)17(23)24/h3-8,17,33H,9-10H2,1-2H3,(H2,29,30)(H,32,34)/t19-/m0/s1. The summed E-state index contributed by atoms with van der Waals surface area (Å²) >= 11 is 0.346. The number of carbonyl (C=O) groups is 1. The first-order chi connectivity index (χ1) is 16.7. The van der Waals surface area contributed by atoms with Crippen LogP contribution in [0.25, 0.3) is 0 Å². The Bertz CT molecular complexity index is 1100. The Morgan fingerprint density at radius 2 is 1.92 bits per heavy atom. The number of rotatable bonds is 10. The molecule has 36 heavy (non-hydrogen) atoms. The largest absolute Gasteiger partial charge is 0.485 e. The maximum absolute atomic E-state index is 15.3. The van der Waals surface area contributed by atoms with Crippen molar-refractivity contribution in [1.82, 2.24) is 4.98 Å². The summed E-state index contributed by atoms with van der Waals surface area (Å²) in [5, 5.41) is 11.6. The molecule has 0 bridgehead atoms. The summed E-state index contributed by atoms with van der Waals surface area (Å²) in [5.74, 6) is -11.0. The molecule has 0 unspecified atom stereocenters. The van der Waals surface area contributed by atoms with E-state index in [1.807, 2.05) is 0 Å². The van der Waals surface area contributed by atoms with Gasteiger partial charge in [-0.25, -0.2) is 18.2 Å². The van der Waals surface area contributed by atoms with Crippen LogP contribution in [-0.4, -0.2) is 58.5 Å². The van der Waals surface area contributed by atoms with Crippen molar-refractivity contribution in [3.8, 4) is 5.75 Å². The van der Waals surface area contributed by atoms with Gasteiger partial charge in [0, 0.05) is 12.7 Å². The number of hydrogen-bond donors (Lipinski definition) is 3. The van der Waals surface area contributed by atoms with Crippen molar-refractivity contribution >= 4 is 28.5 Å². The van der Waals surface area contributed by atoms with Crippen LogP contribution in [0, 0.1) is 5.82 Å². The number of nitrogens with zero attached hydrogens (tertiary/aromatic N) is 2. The summed E-state index contributed by atoms with van der Waals surface area (Å²) in [6.45, 7) is -1.76. The first kappa shape index (κ1) is 29.2. The van der Waals surface area contributed by atoms with E-state index in [-0.39, 0.29) is 22.3 Å². The number of anilines is 1. The van der Waals surface area contributed by atoms with Gasteiger partial charge in [0.25, 0.3) is 11.8 Å². The topological polar surface area (TPSA) is 110 Å². The van der Waals surface area contributed by atoms with Crippen LogP contribution in [0.1, 0.15) is 23.0 Å². The maximum atomic E-state index is 15.3. The monoisotopic (exact) mass is 542 g/mol. The van der Waals surface area contributed by atoms with Gasteiger partial charge in [0.2, 0.25) is 0 Å². The number of alkyl halides is 6. The number of ether oxygens (including phenoxy) is 1. The second-order valence-electron chi connectivity index (χ2n) is 7.51. The molecular weight excluding hydrogens is 521 g/mol. The lowest BCUT2D eigenvalue weighted by Crippen LogP contribution is -2.45. The Morgan fingerprint density at radius 1 is 1.25 bits per heavy atom. The van der Waals surface area contributed by atoms with Crippen molar-refractivity contribution in [1.29, 1.82) is 0 Å². The summed E-state index contributed by atoms with van der Waals surface area (Å²) in [6, 6.07) is 4.38. The third kappa shape index (κ3) is 6.57. The molecule has 2 rings (SSSR count). The minimum Gasteiger partial charge on any atom is -0.485 e. The lowest BCUT2D eigenvalue weighted by Gasteiger charge is -2.35. The summed E-state index contributed by atoms with van der Waals surface area (Å²) in [6.07, 6.45) is -3.11. The third-order valence-corrected chi connectivity index (χ3v) is 6.03. The van der Waals surface area contributed by atoms with Crippen LogP contribution in [0.15, 0.2) is 41.5 Å². The van der Waals surface area contributed by atoms with E-state index < -0.39 is 53.5 Å². The number of hydrogen-bond acceptors (Lipinski definition) is 6. The van der Waals surface area contributed by atoms with Gasteiger partial charge in [-0.05, 0) is 37.3 Å². The number of nitrogens with one attached hydrogen (secondary N) is 1. The number of halogens is 7. The molecule has 7 nitrogen and oxygen atoms in total. The quantitative estimate of drug-likeness (QED) is 0.235. The summed E-state index contributed by atoms with van der Waals surface area (Å²) < 4.78 is 97.4. The van der Waals surface area contributed by atoms with Crippen LogP contribution in [0.2, 0.25) is 0 Å². The molecule has 1 aromatic heterocycles. The molecule has 0 saturated carbocycles. The number of thioether (sulfide) groups is 1. The SMILES string of the molecule is C/N=C(/N)S[C@@](C)(CO)C(F)(F)c1cc(NC(=O)c2ccc(OCC(F)(F)C(F)F)cn2)ccc1F. The number of pyridine rings is 1. The van der Waals surface area contributed by atoms with Crippen molar-refractivity contribution in [3.63, 3.8) is 0 Å². The molecule has 0 aliphatic heterocycles. The highest BCUT2D eigenvalue weighted by Gasteiger charge is 2.54. The highest BCUT2D eigenvalue weighted by Crippen LogP contribution is 2.48. The van der Waals surface area contributed by atoms with E-state index in [0.717, 1.165) is 31.3 Å². The summed E-state index contributed by atoms with van der Waals surface area (Å²) in [7, 11) is 1.25. The van der Waals surface area contributed by atoms with Gasteiger partial charge in [-0.15, -0.1) is 0 Å². The number of aliphatic imine (C=N–C) groups is 1. The van der Waals surface area contributed by atoms with Crippen LogP contribution in [0.3, 0.4) is 0 Å². The fourth-order valence-electron chi connectivity index (χ4n) is 2.64. The van der Waals surface area contributed by atoms with E-state index in [0.29, 0.717) is 23.9 Å². The van der Waals surface area contributed by atoms with Crippen molar-refractivity contribution in [2.75, 3.05) is 25.6 Å². The minimum atomic E-state index is -4.39. The average molecular weight is 542 g/mol. The molecular formula is C21H21F7N4O3S. The van der Waals surface area contributed by atoms with Crippen molar-refractivity contribution in [3.05, 3.63) is 53.6 Å². The first-order valence-corrected chi connectivity index (χ1v) is 10.7. The maximum Gasteiger partial charge on any atom is 0.340 e. The van der Waals surface area contributed by atoms with E-state index in [4.69, 9.17) is 5.73 Å². The van der Waals surface area contributed by atoms with Gasteiger partial charge in [-0.1, -0.05) is 11.8 Å². The molecule has 0 radical (unpaired) electrons. The molecule has 0 fully saturated rings. The third-order valence-electron chi connectivity index (χ3n) is 4.80. The van der Waals surface area contributed by atoms with E-state index in [9.17, 15) is 31.9 Å². The molecule has 0 saturated heterocycles. The Kier molecular flexibility index (Phi) is 9.18. The second kappa shape index (κ2) is 11.3. The molecule has 0 aliphatic carbocycles. The molecule has 1 aromatic carbocycles. The molecule has 2 aromatic rings. The molecule has 4 N–H and O–H groups in total. The Labute approximate surface area is 204 Å². The molecule has 1 atom stereocenters. The smallest absolute Gasteiger partial charge is 0.340 e. The van der Waals surface area contributed by atoms with Gasteiger partial charge in [0.15, 0.2) is 11.8 Å². The molecule has 15 heteroatoms. The van der Waals surface area contributed by atoms with E-state index in [1.54, 1.807) is 0 Å². The van der Waals surface area contributed by atoms with Gasteiger partial charge in [0.05, 0.1) is 18.4 Å². The normalized spacial score (nSPS) is 14.5. The number of amides is 1. The lowest BCUT2D eigenvalue weighted by molar-refractivity contribution is -0.148. The fourth-order valence-corrected chi connectivity index (χ4v) is 3.49. The van der Waals surface area contributed by atoms with Crippen molar-refractivity contribution < 1.29 is 45.4 Å². The van der Waals surface area contributed by atoms with Gasteiger partial charge in [-0.3, -0.25) is 9.79 Å². The van der Waals surface area contributed by atoms with Crippen LogP contribution >= 0.6 is 11.8 Å². The zero-order valence-electron chi connectivity index (χ0n) is 18.7. The molecule has 1 amide bonds. The first-order valence-electron chi connectivity index (χ1n) is 9.93. The van der Waals surface area contributed by atoms with Crippen molar-refractivity contribution in [2.24, 2.45) is 10.7 Å². The van der Waals surface area contributed by atoms with Gasteiger partial charge >= 0.3 is 12.3 Å². The summed E-state index contributed by atoms with van der Waals surface area (Å²) in [5.41, 5.74) is 3.80. The molecule has 0 spiro atoms. The number of benzene rings is 1. The van der Waals surface area contributed by atoms with E-state index in [2.05, 4.69) is 20.0 Å². The molecule has 198 valence electrons. The number of amidine groups is 1. The highest BCUT2D eigenvalue weighted by atomic mass is 32.2. The van der Waals surface area contributed by atoms with Gasteiger partial charge < -0.3 is 20.9 Å². The Hall–Kier alpha value is -3.07. The average Bonchev–Trinajstić information content (AvgIpc) is 2.83. The van der Waals surface area contributed by atoms with Gasteiger partial charge in [0.1, 0.15) is 22.0 Å². The van der Waals surface area contributed by atoms with Gasteiger partial charge in [-0.2, -0.15) is 17.6 Å². The number of carbonyl (C=O) groups excluding carboxylic acids is 1. The highest BCUT2D eigenvalue weighted by molar-refractivity contribution is 8.15. The van der Waals surface area contributed by atoms with E-state index >= 15 is 8.78 Å². The predicted octanol–water partition coefficient (Wildman–Crippen LogP) is 4.27. The Balaban J connectivity index is 2.22. The summed E-state index contributed by atoms with van der Waals surface area (Å²) in [4.78, 5) is 19.6. The molecule has 1 heterocycles. The Morgan fingerprint density at radius 3 is 2.44 bits per heavy atom. The van der Waals surface area contributed by atoms with Crippen LogP contribution in [0.4, 0.5) is 36.4 Å². The lowest BCUT2D eigenvalue weighted by atomic mass is 9.95. The predicted molar refractivity (Wildman–Crippen MR) is 120 cm³/mol. The van der Waals surface area contributed by atoms with E-state index in [1.165, 1.54) is 7.05 Å². The zero-order valence-corrected chi connectivity index (χ0v) is 19.6. The second-order valence-corrected chi connectivity index (χ2v) is 9.03. The number of nitrogens with two attached hydrogens (primary N) is 1. The fraction of sp³-hybridized carbons (Fsp3) is 0.381. The number of aromatic nitrogens is 1. The molecule has 0 aliphatic rings. The minimum absolute atomic E-state index is 0.253. The number of aliphatic hydroxyl groups is 1. The van der Waals surface area contributed by atoms with Crippen LogP contribution in [-0.2, 0) is 5.92 Å². The van der Waals surface area contributed by atoms with Crippen LogP contribution < -0.4 is 15.8 Å². The van der Waals surface area contributed by atoms with Crippen LogP contribution in [0.5, 0.6) is 5.75 Å². The zero-order chi connectivity index (χ0) is 27.3. The van der Waals surface area contributed by atoms with Crippen molar-refractivity contribution in [2.45, 2.75) is 29.9 Å².